The van der Waals surface area contributed by atoms with Crippen LogP contribution in [0.3, 0.4) is 0 Å². The van der Waals surface area contributed by atoms with Crippen molar-refractivity contribution in [1.29, 1.82) is 0 Å². The van der Waals surface area contributed by atoms with E-state index >= 15 is 0 Å². The second-order valence-corrected chi connectivity index (χ2v) is 6.54. The molecule has 9 nitrogen and oxygen atoms in total. The van der Waals surface area contributed by atoms with Gasteiger partial charge in [0.05, 0.1) is 5.56 Å². The molecule has 26 heavy (non-hydrogen) atoms. The first-order valence-corrected chi connectivity index (χ1v) is 8.67. The van der Waals surface area contributed by atoms with Crippen LogP contribution in [0, 0.1) is 0 Å². The van der Waals surface area contributed by atoms with Crippen LogP contribution in [-0.2, 0) is 0 Å². The maximum absolute atomic E-state index is 12.4. The van der Waals surface area contributed by atoms with E-state index in [0.29, 0.717) is 18.4 Å². The van der Waals surface area contributed by atoms with Gasteiger partial charge < -0.3 is 31.1 Å². The third kappa shape index (κ3) is 5.66. The van der Waals surface area contributed by atoms with Crippen molar-refractivity contribution in [3.05, 3.63) is 34.4 Å². The van der Waals surface area contributed by atoms with Crippen LogP contribution in [0.4, 0.5) is 9.59 Å². The summed E-state index contributed by atoms with van der Waals surface area (Å²) in [6.07, 6.45) is 0.0875. The predicted molar refractivity (Wildman–Crippen MR) is 98.5 cm³/mol. The highest BCUT2D eigenvalue weighted by atomic mass is 79.9. The smallest absolute Gasteiger partial charge is 0.404 e. The van der Waals surface area contributed by atoms with Gasteiger partial charge in [-0.25, -0.2) is 9.59 Å². The van der Waals surface area contributed by atoms with Crippen molar-refractivity contribution < 1.29 is 24.6 Å². The number of amides is 3. The summed E-state index contributed by atoms with van der Waals surface area (Å²) in [7, 11) is 0. The van der Waals surface area contributed by atoms with Gasteiger partial charge in [0, 0.05) is 40.7 Å². The van der Waals surface area contributed by atoms with Crippen LogP contribution in [0.1, 0.15) is 23.2 Å². The minimum Gasteiger partial charge on any atom is -0.465 e. The van der Waals surface area contributed by atoms with Gasteiger partial charge in [-0.1, -0.05) is 22.0 Å². The fourth-order valence-corrected chi connectivity index (χ4v) is 2.90. The SMILES string of the molecule is O=C(O)NCCC[C@@H](CNC(=O)c1c[nH]c2cc(Br)ccc12)NC(=O)O. The lowest BCUT2D eigenvalue weighted by Gasteiger charge is -2.17. The third-order valence-electron chi connectivity index (χ3n) is 3.73. The zero-order chi connectivity index (χ0) is 19.1. The molecule has 1 heterocycles. The second kappa shape index (κ2) is 9.09. The molecule has 10 heteroatoms. The van der Waals surface area contributed by atoms with Crippen molar-refractivity contribution in [2.75, 3.05) is 13.1 Å². The Hall–Kier alpha value is -2.75. The molecule has 2 rings (SSSR count). The van der Waals surface area contributed by atoms with Gasteiger partial charge in [-0.2, -0.15) is 0 Å². The van der Waals surface area contributed by atoms with Crippen LogP contribution in [0.25, 0.3) is 10.9 Å². The first kappa shape index (κ1) is 19.6. The van der Waals surface area contributed by atoms with E-state index in [0.717, 1.165) is 15.4 Å². The number of nitrogens with one attached hydrogen (secondary N) is 4. The number of rotatable bonds is 8. The lowest BCUT2D eigenvalue weighted by molar-refractivity contribution is 0.0949. The molecule has 1 aromatic heterocycles. The molecule has 0 unspecified atom stereocenters. The first-order valence-electron chi connectivity index (χ1n) is 7.88. The number of aromatic nitrogens is 1. The number of hydrogen-bond acceptors (Lipinski definition) is 3. The Kier molecular flexibility index (Phi) is 6.84. The largest absolute Gasteiger partial charge is 0.465 e. The number of benzene rings is 1. The quantitative estimate of drug-likeness (QED) is 0.359. The van der Waals surface area contributed by atoms with E-state index < -0.39 is 18.2 Å². The molecule has 0 bridgehead atoms. The van der Waals surface area contributed by atoms with Gasteiger partial charge in [0.2, 0.25) is 0 Å². The Labute approximate surface area is 157 Å². The van der Waals surface area contributed by atoms with Crippen LogP contribution >= 0.6 is 15.9 Å². The van der Waals surface area contributed by atoms with E-state index in [2.05, 4.69) is 36.9 Å². The van der Waals surface area contributed by atoms with Crippen molar-refractivity contribution in [3.63, 3.8) is 0 Å². The number of halogens is 1. The first-order chi connectivity index (χ1) is 12.4. The fourth-order valence-electron chi connectivity index (χ4n) is 2.54. The lowest BCUT2D eigenvalue weighted by Crippen LogP contribution is -2.43. The molecule has 0 aliphatic carbocycles. The van der Waals surface area contributed by atoms with Gasteiger partial charge in [-0.3, -0.25) is 4.79 Å². The van der Waals surface area contributed by atoms with Gasteiger partial charge in [-0.15, -0.1) is 0 Å². The molecule has 140 valence electrons. The topological polar surface area (TPSA) is 144 Å². The van der Waals surface area contributed by atoms with Crippen LogP contribution in [0.5, 0.6) is 0 Å². The van der Waals surface area contributed by atoms with E-state index in [9.17, 15) is 14.4 Å². The Balaban J connectivity index is 1.94. The number of carbonyl (C=O) groups is 3. The number of aromatic amines is 1. The number of hydrogen-bond donors (Lipinski definition) is 6. The summed E-state index contributed by atoms with van der Waals surface area (Å²) in [5.41, 5.74) is 1.28. The summed E-state index contributed by atoms with van der Waals surface area (Å²) >= 11 is 3.36. The average Bonchev–Trinajstić information content (AvgIpc) is 2.98. The fraction of sp³-hybridized carbons (Fsp3) is 0.312. The highest BCUT2D eigenvalue weighted by molar-refractivity contribution is 9.10. The highest BCUT2D eigenvalue weighted by Gasteiger charge is 2.16. The molecule has 1 aromatic carbocycles. The predicted octanol–water partition coefficient (Wildman–Crippen LogP) is 2.34. The third-order valence-corrected chi connectivity index (χ3v) is 4.22. The maximum Gasteiger partial charge on any atom is 0.404 e. The summed E-state index contributed by atoms with van der Waals surface area (Å²) in [6.45, 7) is 0.305. The van der Waals surface area contributed by atoms with Gasteiger partial charge >= 0.3 is 12.2 Å². The molecule has 0 radical (unpaired) electrons. The lowest BCUT2D eigenvalue weighted by atomic mass is 10.1. The molecule has 1 atom stereocenters. The normalized spacial score (nSPS) is 11.7. The monoisotopic (exact) mass is 426 g/mol. The van der Waals surface area contributed by atoms with Crippen molar-refractivity contribution in [2.24, 2.45) is 0 Å². The Morgan fingerprint density at radius 1 is 1.15 bits per heavy atom. The molecule has 2 aromatic rings. The van der Waals surface area contributed by atoms with Gasteiger partial charge in [0.1, 0.15) is 0 Å². The molecule has 0 fully saturated rings. The van der Waals surface area contributed by atoms with Crippen molar-refractivity contribution in [3.8, 4) is 0 Å². The minimum atomic E-state index is -1.20. The van der Waals surface area contributed by atoms with E-state index in [1.807, 2.05) is 18.2 Å². The Morgan fingerprint density at radius 2 is 1.92 bits per heavy atom. The molecular weight excluding hydrogens is 408 g/mol. The van der Waals surface area contributed by atoms with E-state index in [-0.39, 0.29) is 19.0 Å². The van der Waals surface area contributed by atoms with Crippen molar-refractivity contribution in [1.82, 2.24) is 20.9 Å². The van der Waals surface area contributed by atoms with E-state index in [1.165, 1.54) is 0 Å². The van der Waals surface area contributed by atoms with Crippen LogP contribution < -0.4 is 16.0 Å². The van der Waals surface area contributed by atoms with Crippen LogP contribution in [0.15, 0.2) is 28.9 Å². The standard InChI is InChI=1S/C16H19BrN4O5/c17-9-3-4-11-12(8-19-13(11)6-9)14(22)20-7-10(21-16(25)26)2-1-5-18-15(23)24/h3-4,6,8,10,18-19,21H,1-2,5,7H2,(H,20,22)(H,23,24)(H,25,26)/t10-/m0/s1. The zero-order valence-electron chi connectivity index (χ0n) is 13.7. The van der Waals surface area contributed by atoms with E-state index in [1.54, 1.807) is 6.20 Å². The highest BCUT2D eigenvalue weighted by Crippen LogP contribution is 2.22. The molecule has 0 aliphatic heterocycles. The van der Waals surface area contributed by atoms with Gasteiger partial charge in [0.15, 0.2) is 0 Å². The number of H-pyrrole nitrogens is 1. The van der Waals surface area contributed by atoms with E-state index in [4.69, 9.17) is 10.2 Å². The number of carbonyl (C=O) groups excluding carboxylic acids is 1. The summed E-state index contributed by atoms with van der Waals surface area (Å²) < 4.78 is 0.888. The van der Waals surface area contributed by atoms with Crippen molar-refractivity contribution >= 4 is 44.9 Å². The summed E-state index contributed by atoms with van der Waals surface area (Å²) in [4.78, 5) is 36.7. The van der Waals surface area contributed by atoms with Crippen LogP contribution in [0.2, 0.25) is 0 Å². The molecular formula is C16H19BrN4O5. The molecule has 0 saturated heterocycles. The van der Waals surface area contributed by atoms with Gasteiger partial charge in [0.25, 0.3) is 5.91 Å². The van der Waals surface area contributed by atoms with Crippen molar-refractivity contribution in [2.45, 2.75) is 18.9 Å². The molecule has 0 aliphatic rings. The molecule has 6 N–H and O–H groups in total. The summed E-state index contributed by atoms with van der Waals surface area (Å²) in [5.74, 6) is -0.320. The number of carboxylic acid groups (broad SMARTS) is 2. The second-order valence-electron chi connectivity index (χ2n) is 5.62. The number of fused-ring (bicyclic) bond motifs is 1. The molecule has 0 saturated carbocycles. The molecule has 0 spiro atoms. The minimum absolute atomic E-state index is 0.0986. The van der Waals surface area contributed by atoms with Gasteiger partial charge in [-0.05, 0) is 25.0 Å². The summed E-state index contributed by atoms with van der Waals surface area (Å²) in [5, 5.41) is 25.4. The Morgan fingerprint density at radius 3 is 2.62 bits per heavy atom. The zero-order valence-corrected chi connectivity index (χ0v) is 15.3. The van der Waals surface area contributed by atoms with Crippen LogP contribution in [-0.4, -0.2) is 52.4 Å². The Bertz CT molecular complexity index is 807. The summed E-state index contributed by atoms with van der Waals surface area (Å²) in [6, 6.07) is 4.98. The molecule has 3 amide bonds. The average molecular weight is 427 g/mol. The maximum atomic E-state index is 12.4.